The summed E-state index contributed by atoms with van der Waals surface area (Å²) in [7, 11) is 0. The number of rotatable bonds is 4. The van der Waals surface area contributed by atoms with Crippen LogP contribution in [0.25, 0.3) is 0 Å². The number of allylic oxidation sites excluding steroid dienone is 1. The minimum atomic E-state index is -0.302. The fraction of sp³-hybridized carbons (Fsp3) is 0.692. The first kappa shape index (κ1) is 13.9. The molecular formula is C13H21N3O3. The molecule has 0 aromatic carbocycles. The van der Waals surface area contributed by atoms with E-state index in [0.29, 0.717) is 18.9 Å². The third-order valence-corrected chi connectivity index (χ3v) is 3.24. The van der Waals surface area contributed by atoms with E-state index in [2.05, 4.69) is 15.6 Å². The number of aliphatic imine (C=N–C) groups is 1. The molecule has 1 saturated heterocycles. The number of aliphatic hydroxyl groups excluding tert-OH is 1. The highest BCUT2D eigenvalue weighted by atomic mass is 16.5. The Balaban J connectivity index is 1.97. The lowest BCUT2D eigenvalue weighted by Crippen LogP contribution is -2.40. The molecule has 19 heavy (non-hydrogen) atoms. The highest BCUT2D eigenvalue weighted by molar-refractivity contribution is 6.21. The van der Waals surface area contributed by atoms with Gasteiger partial charge in [-0.1, -0.05) is 0 Å². The molecule has 0 spiro atoms. The Labute approximate surface area is 112 Å². The number of carbonyl (C=O) groups excluding carboxylic acids is 1. The molecule has 2 aliphatic heterocycles. The summed E-state index contributed by atoms with van der Waals surface area (Å²) in [5.74, 6) is 0.165. The van der Waals surface area contributed by atoms with Crippen LogP contribution in [0.1, 0.15) is 26.2 Å². The second-order valence-electron chi connectivity index (χ2n) is 4.82. The van der Waals surface area contributed by atoms with Crippen molar-refractivity contribution in [1.29, 1.82) is 0 Å². The van der Waals surface area contributed by atoms with Crippen LogP contribution in [-0.4, -0.2) is 49.2 Å². The van der Waals surface area contributed by atoms with Crippen molar-refractivity contribution in [3.05, 3.63) is 11.3 Å². The third kappa shape index (κ3) is 3.70. The van der Waals surface area contributed by atoms with Crippen LogP contribution in [0.15, 0.2) is 16.3 Å². The molecule has 3 N–H and O–H groups in total. The van der Waals surface area contributed by atoms with Crippen LogP contribution >= 0.6 is 0 Å². The van der Waals surface area contributed by atoms with Gasteiger partial charge in [0.05, 0.1) is 6.10 Å². The number of carbonyl (C=O) groups is 1. The lowest BCUT2D eigenvalue weighted by Gasteiger charge is -2.18. The van der Waals surface area contributed by atoms with Crippen molar-refractivity contribution in [3.63, 3.8) is 0 Å². The molecule has 2 rings (SSSR count). The zero-order chi connectivity index (χ0) is 13.7. The topological polar surface area (TPSA) is 83.0 Å². The number of hydrogen-bond donors (Lipinski definition) is 3. The van der Waals surface area contributed by atoms with Gasteiger partial charge in [0.25, 0.3) is 5.91 Å². The molecule has 0 aromatic rings. The largest absolute Gasteiger partial charge is 0.512 e. The van der Waals surface area contributed by atoms with E-state index in [-0.39, 0.29) is 23.3 Å². The molecule has 1 amide bonds. The normalized spacial score (nSPS) is 24.3. The van der Waals surface area contributed by atoms with Crippen molar-refractivity contribution in [2.45, 2.75) is 32.3 Å². The molecule has 0 saturated carbocycles. The van der Waals surface area contributed by atoms with E-state index < -0.39 is 0 Å². The van der Waals surface area contributed by atoms with Gasteiger partial charge in [0.2, 0.25) is 0 Å². The van der Waals surface area contributed by atoms with E-state index in [9.17, 15) is 9.90 Å². The van der Waals surface area contributed by atoms with E-state index in [1.807, 2.05) is 0 Å². The van der Waals surface area contributed by atoms with Gasteiger partial charge in [0, 0.05) is 26.2 Å². The molecule has 0 bridgehead atoms. The number of hydrogen-bond acceptors (Lipinski definition) is 5. The summed E-state index contributed by atoms with van der Waals surface area (Å²) < 4.78 is 5.45. The Bertz CT molecular complexity index is 394. The van der Waals surface area contributed by atoms with Crippen LogP contribution in [-0.2, 0) is 9.53 Å². The molecule has 1 fully saturated rings. The molecule has 1 atom stereocenters. The lowest BCUT2D eigenvalue weighted by molar-refractivity contribution is -0.117. The summed E-state index contributed by atoms with van der Waals surface area (Å²) in [5, 5.41) is 15.5. The summed E-state index contributed by atoms with van der Waals surface area (Å²) in [6, 6.07) is 0. The fourth-order valence-electron chi connectivity index (χ4n) is 2.24. The Morgan fingerprint density at radius 2 is 2.42 bits per heavy atom. The zero-order valence-electron chi connectivity index (χ0n) is 11.2. The Hall–Kier alpha value is -1.56. The van der Waals surface area contributed by atoms with Crippen molar-refractivity contribution < 1.29 is 14.6 Å². The van der Waals surface area contributed by atoms with Gasteiger partial charge < -0.3 is 20.5 Å². The van der Waals surface area contributed by atoms with E-state index in [4.69, 9.17) is 4.74 Å². The average molecular weight is 267 g/mol. The van der Waals surface area contributed by atoms with Crippen molar-refractivity contribution in [1.82, 2.24) is 10.6 Å². The number of aliphatic hydroxyl groups is 1. The van der Waals surface area contributed by atoms with E-state index in [1.165, 1.54) is 6.92 Å². The van der Waals surface area contributed by atoms with Crippen molar-refractivity contribution in [2.75, 3.05) is 26.2 Å². The number of amides is 1. The predicted molar refractivity (Wildman–Crippen MR) is 72.2 cm³/mol. The zero-order valence-corrected chi connectivity index (χ0v) is 11.2. The van der Waals surface area contributed by atoms with Crippen LogP contribution in [0, 0.1) is 0 Å². The van der Waals surface area contributed by atoms with Crippen molar-refractivity contribution in [3.8, 4) is 0 Å². The summed E-state index contributed by atoms with van der Waals surface area (Å²) >= 11 is 0. The number of nitrogens with zero attached hydrogens (tertiary/aromatic N) is 1. The highest BCUT2D eigenvalue weighted by Gasteiger charge is 2.23. The standard InChI is InChI=1S/C13H21N3O3/c1-9(17)11(12-14-5-3-6-15-12)13(18)16-8-10-4-2-7-19-10/h10,17H,2-8H2,1H3,(H,14,15)(H,16,18)/b11-9-/t10-/m1/s1. The van der Waals surface area contributed by atoms with Crippen LogP contribution in [0.3, 0.4) is 0 Å². The smallest absolute Gasteiger partial charge is 0.258 e. The Kier molecular flexibility index (Phi) is 4.79. The summed E-state index contributed by atoms with van der Waals surface area (Å²) in [5.41, 5.74) is 0.234. The van der Waals surface area contributed by atoms with Gasteiger partial charge in [-0.15, -0.1) is 0 Å². The number of amidine groups is 1. The maximum Gasteiger partial charge on any atom is 0.258 e. The van der Waals surface area contributed by atoms with Gasteiger partial charge in [-0.3, -0.25) is 9.79 Å². The van der Waals surface area contributed by atoms with Gasteiger partial charge in [-0.25, -0.2) is 0 Å². The first-order valence-corrected chi connectivity index (χ1v) is 6.77. The molecule has 0 aromatic heterocycles. The number of ether oxygens (including phenoxy) is 1. The van der Waals surface area contributed by atoms with E-state index >= 15 is 0 Å². The molecule has 0 unspecified atom stereocenters. The van der Waals surface area contributed by atoms with Gasteiger partial charge in [0.1, 0.15) is 17.2 Å². The molecule has 6 nitrogen and oxygen atoms in total. The van der Waals surface area contributed by atoms with Crippen molar-refractivity contribution in [2.24, 2.45) is 4.99 Å². The first-order chi connectivity index (χ1) is 9.18. The lowest BCUT2D eigenvalue weighted by atomic mass is 10.1. The quantitative estimate of drug-likeness (QED) is 0.512. The Morgan fingerprint density at radius 1 is 1.58 bits per heavy atom. The number of nitrogens with one attached hydrogen (secondary N) is 2. The molecule has 0 radical (unpaired) electrons. The van der Waals surface area contributed by atoms with Crippen LogP contribution in [0.4, 0.5) is 0 Å². The van der Waals surface area contributed by atoms with Crippen molar-refractivity contribution >= 4 is 11.7 Å². The second-order valence-corrected chi connectivity index (χ2v) is 4.82. The SMILES string of the molecule is C/C(O)=C(/C(=O)NC[C@H]1CCCO1)C1=NCCCN1. The van der Waals surface area contributed by atoms with Gasteiger partial charge in [-0.2, -0.15) is 0 Å². The molecule has 0 aliphatic carbocycles. The molecule has 6 heteroatoms. The second kappa shape index (κ2) is 6.56. The minimum Gasteiger partial charge on any atom is -0.512 e. The molecular weight excluding hydrogens is 246 g/mol. The van der Waals surface area contributed by atoms with E-state index in [0.717, 1.165) is 32.4 Å². The monoisotopic (exact) mass is 267 g/mol. The van der Waals surface area contributed by atoms with Crippen LogP contribution < -0.4 is 10.6 Å². The maximum absolute atomic E-state index is 12.1. The third-order valence-electron chi connectivity index (χ3n) is 3.24. The van der Waals surface area contributed by atoms with Crippen LogP contribution in [0.5, 0.6) is 0 Å². The highest BCUT2D eigenvalue weighted by Crippen LogP contribution is 2.11. The average Bonchev–Trinajstić information content (AvgIpc) is 2.90. The minimum absolute atomic E-state index is 0.0157. The van der Waals surface area contributed by atoms with Gasteiger partial charge >= 0.3 is 0 Å². The van der Waals surface area contributed by atoms with Gasteiger partial charge in [0.15, 0.2) is 0 Å². The maximum atomic E-state index is 12.1. The molecule has 2 heterocycles. The first-order valence-electron chi connectivity index (χ1n) is 6.77. The summed E-state index contributed by atoms with van der Waals surface area (Å²) in [6.07, 6.45) is 3.04. The Morgan fingerprint density at radius 3 is 3.00 bits per heavy atom. The predicted octanol–water partition coefficient (Wildman–Crippen LogP) is 0.505. The summed E-state index contributed by atoms with van der Waals surface area (Å²) in [6.45, 7) is 4.19. The molecule has 2 aliphatic rings. The van der Waals surface area contributed by atoms with Gasteiger partial charge in [-0.05, 0) is 26.2 Å². The van der Waals surface area contributed by atoms with Crippen LogP contribution in [0.2, 0.25) is 0 Å². The molecule has 106 valence electrons. The summed E-state index contributed by atoms with van der Waals surface area (Å²) in [4.78, 5) is 16.4. The fourth-order valence-corrected chi connectivity index (χ4v) is 2.24. The van der Waals surface area contributed by atoms with E-state index in [1.54, 1.807) is 0 Å².